The number of amides is 2. The molecule has 0 unspecified atom stereocenters. The molecule has 146 valence electrons. The Bertz CT molecular complexity index is 923. The molecule has 0 saturated carbocycles. The highest BCUT2D eigenvalue weighted by molar-refractivity contribution is 5.99. The summed E-state index contributed by atoms with van der Waals surface area (Å²) in [6.45, 7) is 0.865. The number of likely N-dealkylation sites (tertiary alicyclic amines) is 1. The lowest BCUT2D eigenvalue weighted by molar-refractivity contribution is -0.123. The van der Waals surface area contributed by atoms with Crippen LogP contribution in [0.15, 0.2) is 36.4 Å². The zero-order valence-electron chi connectivity index (χ0n) is 15.6. The lowest BCUT2D eigenvalue weighted by atomic mass is 9.97. The van der Waals surface area contributed by atoms with E-state index in [9.17, 15) is 9.59 Å². The Kier molecular flexibility index (Phi) is 4.68. The Morgan fingerprint density at radius 1 is 1.04 bits per heavy atom. The third-order valence-electron chi connectivity index (χ3n) is 4.82. The van der Waals surface area contributed by atoms with Gasteiger partial charge in [-0.05, 0) is 30.3 Å². The van der Waals surface area contributed by atoms with Crippen molar-refractivity contribution in [1.29, 1.82) is 0 Å². The molecule has 4 rings (SSSR count). The summed E-state index contributed by atoms with van der Waals surface area (Å²) in [5.74, 6) is 1.76. The number of methoxy groups -OCH3 is 2. The van der Waals surface area contributed by atoms with E-state index in [1.54, 1.807) is 48.4 Å². The van der Waals surface area contributed by atoms with Crippen molar-refractivity contribution in [2.24, 2.45) is 5.92 Å². The molecular weight excluding hydrogens is 364 g/mol. The maximum atomic E-state index is 12.6. The highest BCUT2D eigenvalue weighted by Gasteiger charge is 2.36. The minimum atomic E-state index is -0.283. The zero-order valence-corrected chi connectivity index (χ0v) is 15.6. The summed E-state index contributed by atoms with van der Waals surface area (Å²) in [4.78, 5) is 26.8. The number of benzene rings is 2. The maximum Gasteiger partial charge on any atom is 0.254 e. The summed E-state index contributed by atoms with van der Waals surface area (Å²) >= 11 is 0. The molecule has 1 N–H and O–H groups in total. The summed E-state index contributed by atoms with van der Waals surface area (Å²) in [5.41, 5.74) is 1.05. The number of nitrogens with zero attached hydrogens (tertiary/aromatic N) is 1. The van der Waals surface area contributed by atoms with Gasteiger partial charge in [-0.25, -0.2) is 0 Å². The van der Waals surface area contributed by atoms with E-state index in [1.807, 2.05) is 0 Å². The van der Waals surface area contributed by atoms with Crippen molar-refractivity contribution in [2.45, 2.75) is 0 Å². The predicted octanol–water partition coefficient (Wildman–Crippen LogP) is 2.14. The minimum Gasteiger partial charge on any atom is -0.497 e. The van der Waals surface area contributed by atoms with Gasteiger partial charge in [0, 0.05) is 24.7 Å². The second-order valence-electron chi connectivity index (χ2n) is 6.53. The molecule has 2 aliphatic heterocycles. The monoisotopic (exact) mass is 384 g/mol. The fourth-order valence-electron chi connectivity index (χ4n) is 3.17. The largest absolute Gasteiger partial charge is 0.497 e. The quantitative estimate of drug-likeness (QED) is 0.850. The normalized spacial score (nSPS) is 15.0. The van der Waals surface area contributed by atoms with Crippen LogP contribution in [0.2, 0.25) is 0 Å². The molecule has 2 aromatic carbocycles. The van der Waals surface area contributed by atoms with E-state index in [2.05, 4.69) is 5.32 Å². The number of fused-ring (bicyclic) bond motifs is 1. The van der Waals surface area contributed by atoms with Crippen molar-refractivity contribution < 1.29 is 28.5 Å². The average molecular weight is 384 g/mol. The minimum absolute atomic E-state index is 0.138. The first-order chi connectivity index (χ1) is 13.6. The molecule has 0 spiro atoms. The maximum absolute atomic E-state index is 12.6. The van der Waals surface area contributed by atoms with Gasteiger partial charge in [0.15, 0.2) is 11.5 Å². The summed E-state index contributed by atoms with van der Waals surface area (Å²) in [5, 5.41) is 2.85. The van der Waals surface area contributed by atoms with Crippen LogP contribution in [0.25, 0.3) is 0 Å². The Hall–Kier alpha value is -3.42. The van der Waals surface area contributed by atoms with Gasteiger partial charge in [0.25, 0.3) is 5.91 Å². The first-order valence-electron chi connectivity index (χ1n) is 8.81. The zero-order chi connectivity index (χ0) is 19.7. The number of rotatable bonds is 5. The van der Waals surface area contributed by atoms with Crippen LogP contribution in [0.1, 0.15) is 10.4 Å². The molecule has 2 amide bonds. The molecular formula is C20H20N2O6. The predicted molar refractivity (Wildman–Crippen MR) is 100 cm³/mol. The van der Waals surface area contributed by atoms with E-state index in [0.717, 1.165) is 0 Å². The molecule has 8 heteroatoms. The molecule has 1 saturated heterocycles. The van der Waals surface area contributed by atoms with E-state index in [4.69, 9.17) is 18.9 Å². The highest BCUT2D eigenvalue weighted by atomic mass is 16.7. The van der Waals surface area contributed by atoms with Gasteiger partial charge >= 0.3 is 0 Å². The highest BCUT2D eigenvalue weighted by Crippen LogP contribution is 2.34. The van der Waals surface area contributed by atoms with Gasteiger partial charge in [0.1, 0.15) is 11.5 Å². The Balaban J connectivity index is 1.37. The summed E-state index contributed by atoms with van der Waals surface area (Å²) in [6.07, 6.45) is 0. The molecule has 0 atom stereocenters. The number of hydrogen-bond acceptors (Lipinski definition) is 6. The van der Waals surface area contributed by atoms with Crippen LogP contribution in [-0.4, -0.2) is 50.8 Å². The third-order valence-corrected chi connectivity index (χ3v) is 4.82. The molecule has 0 aliphatic carbocycles. The van der Waals surface area contributed by atoms with Crippen LogP contribution in [0.4, 0.5) is 5.69 Å². The number of carbonyl (C=O) groups is 2. The van der Waals surface area contributed by atoms with Gasteiger partial charge in [-0.15, -0.1) is 0 Å². The lowest BCUT2D eigenvalue weighted by Gasteiger charge is -2.38. The second-order valence-corrected chi connectivity index (χ2v) is 6.53. The van der Waals surface area contributed by atoms with Crippen LogP contribution in [-0.2, 0) is 4.79 Å². The van der Waals surface area contributed by atoms with Crippen molar-refractivity contribution in [3.8, 4) is 23.0 Å². The number of ether oxygens (including phenoxy) is 4. The topological polar surface area (TPSA) is 86.3 Å². The van der Waals surface area contributed by atoms with Crippen LogP contribution >= 0.6 is 0 Å². The fraction of sp³-hybridized carbons (Fsp3) is 0.300. The van der Waals surface area contributed by atoms with Crippen molar-refractivity contribution in [3.63, 3.8) is 0 Å². The molecule has 2 heterocycles. The molecule has 2 aromatic rings. The van der Waals surface area contributed by atoms with E-state index >= 15 is 0 Å². The molecule has 0 radical (unpaired) electrons. The van der Waals surface area contributed by atoms with Gasteiger partial charge in [0.2, 0.25) is 12.7 Å². The van der Waals surface area contributed by atoms with Gasteiger partial charge < -0.3 is 29.2 Å². The molecule has 8 nitrogen and oxygen atoms in total. The van der Waals surface area contributed by atoms with Gasteiger partial charge in [-0.1, -0.05) is 0 Å². The molecule has 2 aliphatic rings. The number of anilines is 1. The Morgan fingerprint density at radius 3 is 2.57 bits per heavy atom. The summed E-state index contributed by atoms with van der Waals surface area (Å²) in [6, 6.07) is 10.3. The van der Waals surface area contributed by atoms with Crippen molar-refractivity contribution in [1.82, 2.24) is 4.90 Å². The Labute approximate surface area is 161 Å². The van der Waals surface area contributed by atoms with Crippen molar-refractivity contribution >= 4 is 17.5 Å². The van der Waals surface area contributed by atoms with Crippen molar-refractivity contribution in [3.05, 3.63) is 42.0 Å². The fourth-order valence-corrected chi connectivity index (χ4v) is 3.17. The standard InChI is InChI=1S/C20H20N2O6/c1-25-14-4-6-16(26-2)15(8-14)21-19(23)13-9-22(10-13)20(24)12-3-5-17-18(7-12)28-11-27-17/h3-8,13H,9-11H2,1-2H3,(H,21,23). The van der Waals surface area contributed by atoms with E-state index < -0.39 is 0 Å². The first kappa shape index (κ1) is 18.0. The van der Waals surface area contributed by atoms with Crippen LogP contribution in [0.5, 0.6) is 23.0 Å². The third kappa shape index (κ3) is 3.28. The van der Waals surface area contributed by atoms with Gasteiger partial charge in [-0.3, -0.25) is 9.59 Å². The lowest BCUT2D eigenvalue weighted by Crippen LogP contribution is -2.54. The van der Waals surface area contributed by atoms with Crippen LogP contribution in [0.3, 0.4) is 0 Å². The Morgan fingerprint density at radius 2 is 1.82 bits per heavy atom. The summed E-state index contributed by atoms with van der Waals surface area (Å²) < 4.78 is 21.0. The number of hydrogen-bond donors (Lipinski definition) is 1. The van der Waals surface area contributed by atoms with Crippen LogP contribution in [0, 0.1) is 5.92 Å². The van der Waals surface area contributed by atoms with Gasteiger partial charge in [-0.2, -0.15) is 0 Å². The van der Waals surface area contributed by atoms with E-state index in [1.165, 1.54) is 7.11 Å². The van der Waals surface area contributed by atoms with Crippen molar-refractivity contribution in [2.75, 3.05) is 39.4 Å². The molecule has 1 fully saturated rings. The smallest absolute Gasteiger partial charge is 0.254 e. The summed E-state index contributed by atoms with van der Waals surface area (Å²) in [7, 11) is 3.09. The van der Waals surface area contributed by atoms with Crippen LogP contribution < -0.4 is 24.3 Å². The number of nitrogens with one attached hydrogen (secondary N) is 1. The molecule has 28 heavy (non-hydrogen) atoms. The second kappa shape index (κ2) is 7.30. The first-order valence-corrected chi connectivity index (χ1v) is 8.81. The van der Waals surface area contributed by atoms with E-state index in [-0.39, 0.29) is 24.5 Å². The SMILES string of the molecule is COc1ccc(OC)c(NC(=O)C2CN(C(=O)c3ccc4c(c3)OCO4)C2)c1. The van der Waals surface area contributed by atoms with Gasteiger partial charge in [0.05, 0.1) is 25.8 Å². The molecule has 0 aromatic heterocycles. The van der Waals surface area contributed by atoms with E-state index in [0.29, 0.717) is 47.3 Å². The average Bonchev–Trinajstić information content (AvgIpc) is 3.14. The number of carbonyl (C=O) groups excluding carboxylic acids is 2. The molecule has 0 bridgehead atoms.